The van der Waals surface area contributed by atoms with Crippen molar-refractivity contribution >= 4 is 86.0 Å². The number of hydrogen-bond acceptors (Lipinski definition) is 33. The number of aliphatic hydroxyl groups excluding tert-OH is 1. The summed E-state index contributed by atoms with van der Waals surface area (Å²) in [6.07, 6.45) is 0. The number of alkyl halides is 1. The number of aliphatic hydroxyl groups is 1. The van der Waals surface area contributed by atoms with E-state index >= 15 is 0 Å². The van der Waals surface area contributed by atoms with Crippen molar-refractivity contribution in [3.05, 3.63) is 0 Å². The Morgan fingerprint density at radius 2 is 0.412 bits per heavy atom. The number of hydrogen-bond donors (Lipinski definition) is 13. The number of rotatable bonds is 57. The lowest BCUT2D eigenvalue weighted by Crippen LogP contribution is -2.18. The molecule has 13 N–H and O–H groups in total. The van der Waals surface area contributed by atoms with Crippen LogP contribution in [0.4, 0.5) is 4.39 Å². The molecule has 57 heteroatoms. The molecule has 0 aliphatic heterocycles. The predicted octanol–water partition coefficient (Wildman–Crippen LogP) is 2.28. The Balaban J connectivity index is 4.38. The summed E-state index contributed by atoms with van der Waals surface area (Å²) in [5.74, 6) is -2.83. The third kappa shape index (κ3) is 51.2. The van der Waals surface area contributed by atoms with Crippen molar-refractivity contribution in [3.8, 4) is 0 Å². The molecule has 0 spiro atoms. The third-order valence-electron chi connectivity index (χ3n) is 7.79. The highest BCUT2D eigenvalue weighted by atomic mass is 31.2. The molecule has 0 aromatic rings. The van der Waals surface area contributed by atoms with Crippen molar-refractivity contribution in [1.29, 1.82) is 0 Å². The van der Waals surface area contributed by atoms with E-state index in [-0.39, 0.29) is 13.2 Å². The summed E-state index contributed by atoms with van der Waals surface area (Å²) >= 11 is 0. The zero-order chi connectivity index (χ0) is 65.3. The van der Waals surface area contributed by atoms with E-state index in [1.54, 1.807) is 0 Å². The van der Waals surface area contributed by atoms with E-state index < -0.39 is 243 Å². The van der Waals surface area contributed by atoms with Gasteiger partial charge < -0.3 is 63.8 Å². The van der Waals surface area contributed by atoms with Gasteiger partial charge in [-0.1, -0.05) is 13.8 Å². The summed E-state index contributed by atoms with van der Waals surface area (Å²) in [6, 6.07) is 0. The molecule has 0 saturated carbocycles. The standard InChI is InChI=1S/C28H68FO45P11/c1-26(20-30)21-71-82(46,47)66-15-11-62-78(38,39)58-7-3-54-76(34,35)56-5-9-60-80(42,43)64-13-17-68-84(50,51)73-24-28(19-29)25-74-85(52,53)69-18-14-65-81(44,45)61-10-6-57-77(36,37)55-4-8-59-79(40,41)63-12-16-67-83(48,49)72-23-27(2)22-70-75(31,32)33/h26-28,30H,3-25H2,1-2H3,(H,34,35)(H,36,37)(H,38,39)(H,40,41)(H,42,43)(H,44,45)(H,46,47)(H,48,49)(H,50,51)(H,52,53)(H2,31,32,33). The Morgan fingerprint density at radius 3 is 0.576 bits per heavy atom. The maximum Gasteiger partial charge on any atom is 0.472 e. The van der Waals surface area contributed by atoms with E-state index in [9.17, 15) is 104 Å². The first-order valence-corrected chi connectivity index (χ1v) is 39.4. The molecule has 0 heterocycles. The van der Waals surface area contributed by atoms with Gasteiger partial charge in [-0.05, 0) is 0 Å². The van der Waals surface area contributed by atoms with Gasteiger partial charge in [0.15, 0.2) is 0 Å². The molecule has 0 rings (SSSR count). The quantitative estimate of drug-likeness (QED) is 0.0307. The minimum absolute atomic E-state index is 0.339. The largest absolute Gasteiger partial charge is 0.472 e. The maximum absolute atomic E-state index is 13.6. The smallest absolute Gasteiger partial charge is 0.396 e. The van der Waals surface area contributed by atoms with Crippen molar-refractivity contribution in [3.63, 3.8) is 0 Å². The van der Waals surface area contributed by atoms with Gasteiger partial charge in [0.25, 0.3) is 0 Å². The molecule has 0 bridgehead atoms. The molecule has 85 heavy (non-hydrogen) atoms. The van der Waals surface area contributed by atoms with Crippen LogP contribution in [0.5, 0.6) is 0 Å². The van der Waals surface area contributed by atoms with Crippen molar-refractivity contribution < 1.29 is 213 Å². The van der Waals surface area contributed by atoms with Crippen LogP contribution >= 0.6 is 86.0 Å². The summed E-state index contributed by atoms with van der Waals surface area (Å²) in [7, 11) is -54.0. The van der Waals surface area contributed by atoms with Gasteiger partial charge in [0.1, 0.15) is 0 Å². The molecule has 0 aliphatic carbocycles. The lowest BCUT2D eigenvalue weighted by Gasteiger charge is -2.19. The Morgan fingerprint density at radius 1 is 0.259 bits per heavy atom. The minimum Gasteiger partial charge on any atom is -0.396 e. The van der Waals surface area contributed by atoms with Gasteiger partial charge in [-0.2, -0.15) is 0 Å². The molecule has 0 amide bonds. The topological polar surface area (TPSA) is 645 Å². The van der Waals surface area contributed by atoms with Crippen molar-refractivity contribution in [2.75, 3.05) is 152 Å². The van der Waals surface area contributed by atoms with Crippen LogP contribution in [0.2, 0.25) is 0 Å². The van der Waals surface area contributed by atoms with E-state index in [0.717, 1.165) is 0 Å². The van der Waals surface area contributed by atoms with Gasteiger partial charge in [-0.15, -0.1) is 0 Å². The van der Waals surface area contributed by atoms with Crippen molar-refractivity contribution in [1.82, 2.24) is 0 Å². The van der Waals surface area contributed by atoms with Gasteiger partial charge in [0, 0.05) is 24.4 Å². The van der Waals surface area contributed by atoms with Crippen LogP contribution in [-0.4, -0.2) is 216 Å². The van der Waals surface area contributed by atoms with E-state index in [1.165, 1.54) is 13.8 Å². The molecule has 0 aliphatic rings. The van der Waals surface area contributed by atoms with Crippen molar-refractivity contribution in [2.24, 2.45) is 17.8 Å². The first-order valence-electron chi connectivity index (χ1n) is 22.9. The summed E-state index contributed by atoms with van der Waals surface area (Å²) in [4.78, 5) is 114. The predicted molar refractivity (Wildman–Crippen MR) is 270 cm³/mol. The Kier molecular flexibility index (Phi) is 42.3. The maximum atomic E-state index is 13.6. The van der Waals surface area contributed by atoms with E-state index in [1.807, 2.05) is 0 Å². The van der Waals surface area contributed by atoms with Gasteiger partial charge >= 0.3 is 86.0 Å². The van der Waals surface area contributed by atoms with Gasteiger partial charge in [0.2, 0.25) is 0 Å². The summed E-state index contributed by atoms with van der Waals surface area (Å²) < 4.78 is 238. The SMILES string of the molecule is CC(CO)COP(=O)(O)OCCOP(=O)(O)OCCOP(=O)(O)OCCOP(=O)(O)OCCOP(=O)(O)OCC(CF)COP(=O)(O)OCCOP(=O)(O)OCCOP(=O)(O)OCCOP(=O)(O)OCCOP(=O)(O)OCC(C)COP(=O)(O)O. The van der Waals surface area contributed by atoms with Crippen LogP contribution < -0.4 is 0 Å². The number of phosphoric ester groups is 11. The molecule has 512 valence electrons. The second-order valence-corrected chi connectivity index (χ2v) is 31.2. The monoisotopic (exact) mass is 1480 g/mol. The van der Waals surface area contributed by atoms with E-state index in [0.29, 0.717) is 0 Å². The average molecular weight is 1480 g/mol. The zero-order valence-corrected chi connectivity index (χ0v) is 54.0. The minimum atomic E-state index is -5.10. The molecule has 0 saturated heterocycles. The highest BCUT2D eigenvalue weighted by Crippen LogP contribution is 2.52. The van der Waals surface area contributed by atoms with Crippen molar-refractivity contribution in [2.45, 2.75) is 13.8 Å². The molecular formula is C28H68FO45P11. The second kappa shape index (κ2) is 41.7. The van der Waals surface area contributed by atoms with Crippen LogP contribution in [0.15, 0.2) is 0 Å². The summed E-state index contributed by atoms with van der Waals surface area (Å²) in [5.41, 5.74) is 0. The average Bonchev–Trinajstić information content (AvgIpc) is 3.42. The Bertz CT molecular complexity index is 2450. The molecule has 0 aromatic carbocycles. The number of halogens is 1. The summed E-state index contributed by atoms with van der Waals surface area (Å²) in [5, 5.41) is 8.89. The molecule has 13 atom stereocenters. The van der Waals surface area contributed by atoms with E-state index in [4.69, 9.17) is 14.9 Å². The lowest BCUT2D eigenvalue weighted by atomic mass is 10.2. The summed E-state index contributed by atoms with van der Waals surface area (Å²) in [6.45, 7) is -16.6. The normalized spacial score (nSPS) is 20.8. The zero-order valence-electron chi connectivity index (χ0n) is 44.2. The Hall–Kier alpha value is 1.10. The molecule has 0 radical (unpaired) electrons. The highest BCUT2D eigenvalue weighted by Gasteiger charge is 2.32. The molecular weight excluding hydrogens is 1420 g/mol. The lowest BCUT2D eigenvalue weighted by molar-refractivity contribution is 0.0644. The fourth-order valence-corrected chi connectivity index (χ4v) is 11.9. The first-order chi connectivity index (χ1) is 38.9. The van der Waals surface area contributed by atoms with Crippen LogP contribution in [0.3, 0.4) is 0 Å². The van der Waals surface area contributed by atoms with Crippen LogP contribution in [0.25, 0.3) is 0 Å². The van der Waals surface area contributed by atoms with E-state index in [2.05, 4.69) is 95.0 Å². The fourth-order valence-electron chi connectivity index (χ4n) is 4.12. The molecule has 0 aromatic heterocycles. The van der Waals surface area contributed by atoms with Crippen LogP contribution in [0.1, 0.15) is 13.8 Å². The number of phosphoric acid groups is 11. The second-order valence-electron chi connectivity index (χ2n) is 15.4. The molecule has 45 nitrogen and oxygen atoms in total. The van der Waals surface area contributed by atoms with Gasteiger partial charge in [-0.3, -0.25) is 99.4 Å². The Labute approximate surface area is 482 Å². The highest BCUT2D eigenvalue weighted by molar-refractivity contribution is 7.50. The van der Waals surface area contributed by atoms with Crippen LogP contribution in [0, 0.1) is 17.8 Å². The molecule has 0 fully saturated rings. The van der Waals surface area contributed by atoms with Crippen LogP contribution in [-0.2, 0) is 145 Å². The third-order valence-corrected chi connectivity index (χ3v) is 18.3. The first kappa shape index (κ1) is 86.1. The fraction of sp³-hybridized carbons (Fsp3) is 1.00. The molecule has 13 unspecified atom stereocenters. The van der Waals surface area contributed by atoms with Gasteiger partial charge in [0.05, 0.1) is 145 Å². The van der Waals surface area contributed by atoms with Gasteiger partial charge in [-0.25, -0.2) is 50.2 Å².